The number of carbonyl (C=O) groups excluding carboxylic acids is 1. The minimum Gasteiger partial charge on any atom is -0.303 e. The van der Waals surface area contributed by atoms with Crippen LogP contribution in [0.1, 0.15) is 35.2 Å². The van der Waals surface area contributed by atoms with Gasteiger partial charge in [0.25, 0.3) is 0 Å². The van der Waals surface area contributed by atoms with Crippen molar-refractivity contribution in [2.24, 2.45) is 11.8 Å². The summed E-state index contributed by atoms with van der Waals surface area (Å²) in [7, 11) is 0. The van der Waals surface area contributed by atoms with Crippen molar-refractivity contribution in [1.82, 2.24) is 9.88 Å². The van der Waals surface area contributed by atoms with Gasteiger partial charge in [0, 0.05) is 29.5 Å². The fraction of sp³-hybridized carbons (Fsp3) is 0.360. The van der Waals surface area contributed by atoms with Crippen molar-refractivity contribution in [2.75, 3.05) is 19.6 Å². The molecule has 0 amide bonds. The number of aromatic nitrogens is 1. The number of piperidine rings is 3. The monoisotopic (exact) mass is 424 g/mol. The number of para-hydroxylation sites is 1. The molecule has 3 saturated heterocycles. The highest BCUT2D eigenvalue weighted by atomic mass is 19.4. The van der Waals surface area contributed by atoms with E-state index in [9.17, 15) is 18.0 Å². The van der Waals surface area contributed by atoms with Crippen molar-refractivity contribution in [3.8, 4) is 11.3 Å². The van der Waals surface area contributed by atoms with Crippen molar-refractivity contribution >= 4 is 16.7 Å². The molecule has 3 aromatic rings. The van der Waals surface area contributed by atoms with Crippen LogP contribution < -0.4 is 0 Å². The van der Waals surface area contributed by atoms with Gasteiger partial charge in [0.15, 0.2) is 5.78 Å². The fourth-order valence-corrected chi connectivity index (χ4v) is 5.05. The summed E-state index contributed by atoms with van der Waals surface area (Å²) < 4.78 is 39.4. The number of benzene rings is 2. The van der Waals surface area contributed by atoms with E-state index in [-0.39, 0.29) is 5.78 Å². The number of pyridine rings is 1. The van der Waals surface area contributed by atoms with Gasteiger partial charge in [-0.2, -0.15) is 13.2 Å². The number of carbonyl (C=O) groups is 1. The molecular weight excluding hydrogens is 401 g/mol. The van der Waals surface area contributed by atoms with E-state index < -0.39 is 11.7 Å². The van der Waals surface area contributed by atoms with Gasteiger partial charge in [-0.15, -0.1) is 0 Å². The first-order valence-electron chi connectivity index (χ1n) is 10.7. The Bertz CT molecular complexity index is 1130. The molecule has 2 aromatic carbocycles. The van der Waals surface area contributed by atoms with Gasteiger partial charge in [-0.25, -0.2) is 4.98 Å². The molecule has 3 aliphatic rings. The summed E-state index contributed by atoms with van der Waals surface area (Å²) in [5.41, 5.74) is 1.23. The highest BCUT2D eigenvalue weighted by Gasteiger charge is 2.35. The van der Waals surface area contributed by atoms with E-state index in [0.717, 1.165) is 50.0 Å². The van der Waals surface area contributed by atoms with Crippen LogP contribution in [0, 0.1) is 11.8 Å². The SMILES string of the molecule is O=C(CC1CN2CCC1CC2)c1cccc2ccc(-c3cccc(C(F)(F)F)c3)nc12. The Balaban J connectivity index is 1.48. The molecule has 6 rings (SSSR count). The Morgan fingerprint density at radius 2 is 1.81 bits per heavy atom. The molecule has 3 aliphatic heterocycles. The molecule has 0 aliphatic carbocycles. The molecule has 6 heteroatoms. The van der Waals surface area contributed by atoms with Crippen LogP contribution in [-0.2, 0) is 6.18 Å². The van der Waals surface area contributed by atoms with Gasteiger partial charge in [0.1, 0.15) is 0 Å². The fourth-order valence-electron chi connectivity index (χ4n) is 5.05. The van der Waals surface area contributed by atoms with Gasteiger partial charge in [-0.05, 0) is 62.0 Å². The average Bonchev–Trinajstić information content (AvgIpc) is 2.78. The Kier molecular flexibility index (Phi) is 5.05. The molecule has 31 heavy (non-hydrogen) atoms. The van der Waals surface area contributed by atoms with E-state index >= 15 is 0 Å². The van der Waals surface area contributed by atoms with Gasteiger partial charge < -0.3 is 4.90 Å². The highest BCUT2D eigenvalue weighted by molar-refractivity contribution is 6.07. The lowest BCUT2D eigenvalue weighted by molar-refractivity contribution is -0.137. The molecule has 1 unspecified atom stereocenters. The molecule has 4 heterocycles. The van der Waals surface area contributed by atoms with Crippen LogP contribution in [0.5, 0.6) is 0 Å². The second-order valence-electron chi connectivity index (χ2n) is 8.68. The van der Waals surface area contributed by atoms with Crippen molar-refractivity contribution < 1.29 is 18.0 Å². The van der Waals surface area contributed by atoms with Crippen molar-refractivity contribution in [3.63, 3.8) is 0 Å². The van der Waals surface area contributed by atoms with Crippen LogP contribution in [0.2, 0.25) is 0 Å². The maximum Gasteiger partial charge on any atom is 0.416 e. The topological polar surface area (TPSA) is 33.2 Å². The molecule has 0 radical (unpaired) electrons. The first kappa shape index (κ1) is 20.2. The number of halogens is 3. The Hall–Kier alpha value is -2.73. The van der Waals surface area contributed by atoms with E-state index in [0.29, 0.717) is 40.6 Å². The van der Waals surface area contributed by atoms with Gasteiger partial charge in [-0.3, -0.25) is 4.79 Å². The molecular formula is C25H23F3N2O. The largest absolute Gasteiger partial charge is 0.416 e. The van der Waals surface area contributed by atoms with Crippen molar-refractivity contribution in [1.29, 1.82) is 0 Å². The summed E-state index contributed by atoms with van der Waals surface area (Å²) in [5.74, 6) is 1.05. The Morgan fingerprint density at radius 1 is 1.03 bits per heavy atom. The zero-order valence-electron chi connectivity index (χ0n) is 17.0. The van der Waals surface area contributed by atoms with E-state index in [4.69, 9.17) is 0 Å². The minimum absolute atomic E-state index is 0.0676. The molecule has 0 spiro atoms. The number of rotatable bonds is 4. The third kappa shape index (κ3) is 3.97. The average molecular weight is 424 g/mol. The normalized spacial score (nSPS) is 23.3. The maximum absolute atomic E-state index is 13.2. The molecule has 160 valence electrons. The lowest BCUT2D eigenvalue weighted by Gasteiger charge is -2.44. The number of hydrogen-bond acceptors (Lipinski definition) is 3. The third-order valence-corrected chi connectivity index (χ3v) is 6.75. The molecule has 3 nitrogen and oxygen atoms in total. The maximum atomic E-state index is 13.2. The minimum atomic E-state index is -4.41. The van der Waals surface area contributed by atoms with Crippen LogP contribution in [-0.4, -0.2) is 35.3 Å². The van der Waals surface area contributed by atoms with E-state index in [1.165, 1.54) is 6.07 Å². The first-order chi connectivity index (χ1) is 14.9. The Morgan fingerprint density at radius 3 is 2.52 bits per heavy atom. The summed E-state index contributed by atoms with van der Waals surface area (Å²) in [5, 5.41) is 0.815. The molecule has 0 N–H and O–H groups in total. The van der Waals surface area contributed by atoms with Crippen molar-refractivity contribution in [2.45, 2.75) is 25.4 Å². The van der Waals surface area contributed by atoms with Gasteiger partial charge in [0.05, 0.1) is 16.8 Å². The zero-order valence-corrected chi connectivity index (χ0v) is 17.0. The van der Waals surface area contributed by atoms with Crippen LogP contribution in [0.4, 0.5) is 13.2 Å². The summed E-state index contributed by atoms with van der Waals surface area (Å²) in [6.07, 6.45) is -1.60. The third-order valence-electron chi connectivity index (χ3n) is 6.75. The van der Waals surface area contributed by atoms with Gasteiger partial charge in [-0.1, -0.05) is 30.3 Å². The number of fused-ring (bicyclic) bond motifs is 4. The predicted molar refractivity (Wildman–Crippen MR) is 114 cm³/mol. The number of Topliss-reactive ketones (excluding diaryl/α,β-unsaturated/α-hetero) is 1. The number of nitrogens with zero attached hydrogens (tertiary/aromatic N) is 2. The zero-order chi connectivity index (χ0) is 21.6. The smallest absolute Gasteiger partial charge is 0.303 e. The number of ketones is 1. The Labute approximate surface area is 178 Å². The molecule has 3 fully saturated rings. The molecule has 1 atom stereocenters. The summed E-state index contributed by atoms with van der Waals surface area (Å²) in [6, 6.07) is 14.2. The van der Waals surface area contributed by atoms with Gasteiger partial charge >= 0.3 is 6.18 Å². The van der Waals surface area contributed by atoms with E-state index in [2.05, 4.69) is 9.88 Å². The van der Waals surface area contributed by atoms with Gasteiger partial charge in [0.2, 0.25) is 0 Å². The first-order valence-corrected chi connectivity index (χ1v) is 10.7. The summed E-state index contributed by atoms with van der Waals surface area (Å²) in [4.78, 5) is 20.3. The van der Waals surface area contributed by atoms with Crippen LogP contribution >= 0.6 is 0 Å². The second kappa shape index (κ2) is 7.75. The lowest BCUT2D eigenvalue weighted by Crippen LogP contribution is -2.47. The van der Waals surface area contributed by atoms with Crippen molar-refractivity contribution in [3.05, 3.63) is 65.7 Å². The standard InChI is InChI=1S/C25H23F3N2O/c26-25(27,28)20-5-1-4-18(13-20)22-8-7-17-3-2-6-21(24(17)29-22)23(31)14-19-15-30-11-9-16(19)10-12-30/h1-8,13,16,19H,9-12,14-15H2. The molecule has 1 aromatic heterocycles. The highest BCUT2D eigenvalue weighted by Crippen LogP contribution is 2.36. The second-order valence-corrected chi connectivity index (χ2v) is 8.68. The quantitative estimate of drug-likeness (QED) is 0.494. The van der Waals surface area contributed by atoms with Crippen LogP contribution in [0.25, 0.3) is 22.2 Å². The number of hydrogen-bond donors (Lipinski definition) is 0. The van der Waals surface area contributed by atoms with E-state index in [1.807, 2.05) is 18.2 Å². The predicted octanol–water partition coefficient (Wildman–Crippen LogP) is 5.84. The summed E-state index contributed by atoms with van der Waals surface area (Å²) >= 11 is 0. The van der Waals surface area contributed by atoms with Crippen LogP contribution in [0.3, 0.4) is 0 Å². The van der Waals surface area contributed by atoms with Crippen LogP contribution in [0.15, 0.2) is 54.6 Å². The summed E-state index contributed by atoms with van der Waals surface area (Å²) in [6.45, 7) is 3.24. The number of alkyl halides is 3. The lowest BCUT2D eigenvalue weighted by atomic mass is 9.76. The van der Waals surface area contributed by atoms with E-state index in [1.54, 1.807) is 18.2 Å². The molecule has 0 saturated carbocycles. The molecule has 2 bridgehead atoms.